The maximum Gasteiger partial charge on any atom is 0.344 e. The highest BCUT2D eigenvalue weighted by atomic mass is 35.5. The van der Waals surface area contributed by atoms with E-state index < -0.39 is 12.1 Å². The molecule has 0 amide bonds. The van der Waals surface area contributed by atoms with Gasteiger partial charge in [-0.05, 0) is 53.9 Å². The number of benzene rings is 3. The van der Waals surface area contributed by atoms with Crippen molar-refractivity contribution in [2.24, 2.45) is 0 Å². The van der Waals surface area contributed by atoms with E-state index in [-0.39, 0.29) is 0 Å². The summed E-state index contributed by atoms with van der Waals surface area (Å²) in [6.07, 6.45) is 1.10. The summed E-state index contributed by atoms with van der Waals surface area (Å²) in [7, 11) is 0. The molecule has 5 rings (SSSR count). The SMILES string of the molecule is CCC(Oc1cccc(-c2ccccc2)c1-c1cc(-c2nccs2)n(-c2ccc(Cl)cc2)n1)C(=O)O. The van der Waals surface area contributed by atoms with Gasteiger partial charge in [0.15, 0.2) is 6.10 Å². The Bertz CT molecular complexity index is 1480. The Morgan fingerprint density at radius 2 is 1.86 bits per heavy atom. The molecule has 0 aliphatic rings. The van der Waals surface area contributed by atoms with Gasteiger partial charge in [-0.15, -0.1) is 11.3 Å². The summed E-state index contributed by atoms with van der Waals surface area (Å²) in [5.41, 5.74) is 4.85. The van der Waals surface area contributed by atoms with E-state index in [2.05, 4.69) is 4.98 Å². The smallest absolute Gasteiger partial charge is 0.344 e. The highest BCUT2D eigenvalue weighted by Gasteiger charge is 2.24. The van der Waals surface area contributed by atoms with Crippen LogP contribution in [0.1, 0.15) is 13.3 Å². The number of thiazole rings is 1. The molecule has 2 heterocycles. The fourth-order valence-electron chi connectivity index (χ4n) is 4.00. The number of carbonyl (C=O) groups is 1. The molecule has 1 unspecified atom stereocenters. The number of nitrogens with zero attached hydrogens (tertiary/aromatic N) is 3. The Morgan fingerprint density at radius 1 is 1.08 bits per heavy atom. The lowest BCUT2D eigenvalue weighted by molar-refractivity contribution is -0.145. The van der Waals surface area contributed by atoms with Crippen LogP contribution in [-0.2, 0) is 4.79 Å². The van der Waals surface area contributed by atoms with Gasteiger partial charge in [0, 0.05) is 16.6 Å². The molecule has 6 nitrogen and oxygen atoms in total. The number of hydrogen-bond donors (Lipinski definition) is 1. The van der Waals surface area contributed by atoms with Crippen molar-refractivity contribution in [3.8, 4) is 44.5 Å². The molecule has 36 heavy (non-hydrogen) atoms. The van der Waals surface area contributed by atoms with Crippen LogP contribution in [0.5, 0.6) is 5.75 Å². The van der Waals surface area contributed by atoms with Crippen LogP contribution >= 0.6 is 22.9 Å². The summed E-state index contributed by atoms with van der Waals surface area (Å²) in [6, 6.07) is 24.9. The van der Waals surface area contributed by atoms with E-state index in [1.54, 1.807) is 19.2 Å². The predicted molar refractivity (Wildman–Crippen MR) is 143 cm³/mol. The van der Waals surface area contributed by atoms with E-state index in [9.17, 15) is 9.90 Å². The normalized spacial score (nSPS) is 11.8. The molecule has 0 bridgehead atoms. The first-order valence-corrected chi connectivity index (χ1v) is 12.6. The maximum atomic E-state index is 11.8. The second kappa shape index (κ2) is 10.4. The summed E-state index contributed by atoms with van der Waals surface area (Å²) < 4.78 is 7.88. The van der Waals surface area contributed by atoms with E-state index in [4.69, 9.17) is 21.4 Å². The molecular weight excluding hydrogens is 494 g/mol. The van der Waals surface area contributed by atoms with E-state index in [0.29, 0.717) is 28.5 Å². The first-order valence-electron chi connectivity index (χ1n) is 11.4. The molecule has 3 aromatic carbocycles. The van der Waals surface area contributed by atoms with Crippen molar-refractivity contribution in [2.45, 2.75) is 19.4 Å². The van der Waals surface area contributed by atoms with Gasteiger partial charge in [0.25, 0.3) is 0 Å². The maximum absolute atomic E-state index is 11.8. The van der Waals surface area contributed by atoms with Gasteiger partial charge in [0.2, 0.25) is 0 Å². The van der Waals surface area contributed by atoms with Crippen LogP contribution in [0.3, 0.4) is 0 Å². The quantitative estimate of drug-likeness (QED) is 0.236. The molecule has 0 spiro atoms. The number of carboxylic acids is 1. The van der Waals surface area contributed by atoms with Crippen molar-refractivity contribution in [3.63, 3.8) is 0 Å². The zero-order valence-corrected chi connectivity index (χ0v) is 20.9. The van der Waals surface area contributed by atoms with E-state index in [1.165, 1.54) is 11.3 Å². The van der Waals surface area contributed by atoms with E-state index in [0.717, 1.165) is 27.5 Å². The molecule has 0 saturated carbocycles. The monoisotopic (exact) mass is 515 g/mol. The second-order valence-corrected chi connectivity index (χ2v) is 9.37. The number of carboxylic acid groups (broad SMARTS) is 1. The first-order chi connectivity index (χ1) is 17.5. The number of aromatic nitrogens is 3. The van der Waals surface area contributed by atoms with Crippen LogP contribution in [0, 0.1) is 0 Å². The Morgan fingerprint density at radius 3 is 2.53 bits per heavy atom. The number of ether oxygens (including phenoxy) is 1. The Balaban J connectivity index is 1.74. The zero-order valence-electron chi connectivity index (χ0n) is 19.3. The lowest BCUT2D eigenvalue weighted by atomic mass is 9.96. The highest BCUT2D eigenvalue weighted by molar-refractivity contribution is 7.13. The summed E-state index contributed by atoms with van der Waals surface area (Å²) >= 11 is 7.64. The molecule has 0 aliphatic carbocycles. The van der Waals surface area contributed by atoms with Gasteiger partial charge < -0.3 is 9.84 Å². The van der Waals surface area contributed by atoms with Crippen LogP contribution < -0.4 is 4.74 Å². The van der Waals surface area contributed by atoms with Crippen LogP contribution in [0.4, 0.5) is 0 Å². The third kappa shape index (κ3) is 4.76. The van der Waals surface area contributed by atoms with Crippen LogP contribution in [0.2, 0.25) is 5.02 Å². The van der Waals surface area contributed by atoms with Gasteiger partial charge in [-0.2, -0.15) is 5.10 Å². The van der Waals surface area contributed by atoms with Crippen molar-refractivity contribution < 1.29 is 14.6 Å². The van der Waals surface area contributed by atoms with E-state index in [1.807, 2.05) is 82.9 Å². The molecule has 0 saturated heterocycles. The van der Waals surface area contributed by atoms with Crippen molar-refractivity contribution in [3.05, 3.63) is 95.5 Å². The lowest BCUT2D eigenvalue weighted by Crippen LogP contribution is -2.26. The summed E-state index contributed by atoms with van der Waals surface area (Å²) in [4.78, 5) is 16.3. The molecule has 0 radical (unpaired) electrons. The second-order valence-electron chi connectivity index (χ2n) is 8.04. The third-order valence-electron chi connectivity index (χ3n) is 5.71. The minimum Gasteiger partial charge on any atom is -0.479 e. The molecule has 2 aromatic heterocycles. The fraction of sp³-hybridized carbons (Fsp3) is 0.107. The molecule has 1 N–H and O–H groups in total. The molecule has 180 valence electrons. The molecule has 0 fully saturated rings. The van der Waals surface area contributed by atoms with Gasteiger partial charge in [-0.3, -0.25) is 0 Å². The Hall–Kier alpha value is -3.94. The van der Waals surface area contributed by atoms with Crippen molar-refractivity contribution in [1.82, 2.24) is 14.8 Å². The lowest BCUT2D eigenvalue weighted by Gasteiger charge is -2.18. The van der Waals surface area contributed by atoms with Crippen molar-refractivity contribution in [2.75, 3.05) is 0 Å². The highest BCUT2D eigenvalue weighted by Crippen LogP contribution is 2.41. The number of hydrogen-bond acceptors (Lipinski definition) is 5. The minimum atomic E-state index is -1.01. The molecular formula is C28H22ClN3O3S. The van der Waals surface area contributed by atoms with Crippen LogP contribution in [0.25, 0.3) is 38.8 Å². The van der Waals surface area contributed by atoms with Crippen LogP contribution in [-0.4, -0.2) is 31.9 Å². The largest absolute Gasteiger partial charge is 0.479 e. The first kappa shape index (κ1) is 23.8. The minimum absolute atomic E-state index is 0.327. The Labute approximate surface area is 217 Å². The summed E-state index contributed by atoms with van der Waals surface area (Å²) in [5, 5.41) is 18.0. The predicted octanol–water partition coefficient (Wildman–Crippen LogP) is 7.23. The number of halogens is 1. The average molecular weight is 516 g/mol. The van der Waals surface area contributed by atoms with Gasteiger partial charge in [-0.25, -0.2) is 14.5 Å². The van der Waals surface area contributed by atoms with E-state index >= 15 is 0 Å². The van der Waals surface area contributed by atoms with Gasteiger partial charge >= 0.3 is 5.97 Å². The van der Waals surface area contributed by atoms with Gasteiger partial charge in [0.05, 0.1) is 16.9 Å². The summed E-state index contributed by atoms with van der Waals surface area (Å²) in [6.45, 7) is 1.79. The van der Waals surface area contributed by atoms with Gasteiger partial charge in [0.1, 0.15) is 16.5 Å². The molecule has 5 aromatic rings. The number of rotatable bonds is 8. The standard InChI is InChI=1S/C28H22ClN3O3S/c1-2-24(28(33)34)35-25-10-6-9-21(18-7-4-3-5-8-18)26(25)22-17-23(27-30-15-16-36-27)32(31-22)20-13-11-19(29)12-14-20/h3-17,24H,2H2,1H3,(H,33,34). The zero-order chi connectivity index (χ0) is 25.1. The van der Waals surface area contributed by atoms with Crippen LogP contribution in [0.15, 0.2) is 90.4 Å². The van der Waals surface area contributed by atoms with Crippen molar-refractivity contribution in [1.29, 1.82) is 0 Å². The molecule has 8 heteroatoms. The van der Waals surface area contributed by atoms with Crippen molar-refractivity contribution >= 4 is 28.9 Å². The van der Waals surface area contributed by atoms with Gasteiger partial charge in [-0.1, -0.05) is 61.0 Å². The molecule has 0 aliphatic heterocycles. The third-order valence-corrected chi connectivity index (χ3v) is 6.76. The summed E-state index contributed by atoms with van der Waals surface area (Å²) in [5.74, 6) is -0.555. The Kier molecular flexibility index (Phi) is 6.84. The molecule has 1 atom stereocenters. The average Bonchev–Trinajstić information content (AvgIpc) is 3.58. The number of aliphatic carboxylic acids is 1. The fourth-order valence-corrected chi connectivity index (χ4v) is 4.76. The topological polar surface area (TPSA) is 77.2 Å².